The fraction of sp³-hybridized carbons (Fsp3) is 0.636. The van der Waals surface area contributed by atoms with E-state index < -0.39 is 0 Å². The molecule has 0 saturated heterocycles. The molecule has 0 bridgehead atoms. The number of nitrogens with one attached hydrogen (secondary N) is 2. The Morgan fingerprint density at radius 2 is 2.41 bits per heavy atom. The molecule has 2 unspecified atom stereocenters. The third kappa shape index (κ3) is 2.95. The number of carbonyl (C=O) groups is 1. The minimum atomic E-state index is -0.0880. The smallest absolute Gasteiger partial charge is 0.304 e. The summed E-state index contributed by atoms with van der Waals surface area (Å²) < 4.78 is 0. The minimum Gasteiger partial charge on any atom is -0.350 e. The monoisotopic (exact) mass is 255 g/mol. The van der Waals surface area contributed by atoms with Gasteiger partial charge in [-0.2, -0.15) is 0 Å². The van der Waals surface area contributed by atoms with Crippen molar-refractivity contribution in [2.24, 2.45) is 17.6 Å². The van der Waals surface area contributed by atoms with Gasteiger partial charge in [-0.15, -0.1) is 0 Å². The van der Waals surface area contributed by atoms with Crippen LogP contribution in [0.4, 0.5) is 0 Å². The van der Waals surface area contributed by atoms with E-state index in [0.29, 0.717) is 19.0 Å². The van der Waals surface area contributed by atoms with E-state index >= 15 is 0 Å². The maximum atomic E-state index is 11.9. The summed E-state index contributed by atoms with van der Waals surface area (Å²) in [5.41, 5.74) is 6.41. The van der Waals surface area contributed by atoms with Crippen molar-refractivity contribution in [3.8, 4) is 0 Å². The van der Waals surface area contributed by atoms with E-state index in [2.05, 4.69) is 10.3 Å². The van der Waals surface area contributed by atoms with E-state index in [4.69, 9.17) is 5.73 Å². The zero-order chi connectivity index (χ0) is 12.3. The molecule has 0 radical (unpaired) electrons. The van der Waals surface area contributed by atoms with Crippen molar-refractivity contribution in [3.05, 3.63) is 20.7 Å². The van der Waals surface area contributed by atoms with Crippen LogP contribution in [-0.2, 0) is 11.3 Å². The van der Waals surface area contributed by atoms with E-state index in [1.807, 2.05) is 0 Å². The molecule has 2 atom stereocenters. The Labute approximate surface area is 103 Å². The van der Waals surface area contributed by atoms with E-state index in [9.17, 15) is 9.59 Å². The predicted molar refractivity (Wildman–Crippen MR) is 66.7 cm³/mol. The molecule has 0 spiro atoms. The number of thiazole rings is 1. The molecule has 6 heteroatoms. The maximum absolute atomic E-state index is 11.9. The SMILES string of the molecule is NCC1CCCC1C(=O)NCc1csc(=O)[nH]1. The molecule has 1 aliphatic rings. The number of aromatic amines is 1. The van der Waals surface area contributed by atoms with E-state index in [-0.39, 0.29) is 16.7 Å². The first-order valence-electron chi connectivity index (χ1n) is 5.85. The van der Waals surface area contributed by atoms with Crippen LogP contribution in [0.5, 0.6) is 0 Å². The number of rotatable bonds is 4. The average molecular weight is 255 g/mol. The van der Waals surface area contributed by atoms with Gasteiger partial charge in [-0.25, -0.2) is 0 Å². The van der Waals surface area contributed by atoms with Gasteiger partial charge < -0.3 is 16.0 Å². The Hall–Kier alpha value is -1.14. The number of H-pyrrole nitrogens is 1. The van der Waals surface area contributed by atoms with Crippen molar-refractivity contribution < 1.29 is 4.79 Å². The Morgan fingerprint density at radius 1 is 1.59 bits per heavy atom. The molecule has 1 aromatic rings. The molecular formula is C11H17N3O2S. The van der Waals surface area contributed by atoms with Gasteiger partial charge in [0.1, 0.15) is 0 Å². The number of nitrogens with two attached hydrogens (primary N) is 1. The van der Waals surface area contributed by atoms with Crippen LogP contribution in [0.1, 0.15) is 25.0 Å². The van der Waals surface area contributed by atoms with Gasteiger partial charge in [-0.1, -0.05) is 17.8 Å². The van der Waals surface area contributed by atoms with Gasteiger partial charge >= 0.3 is 4.87 Å². The maximum Gasteiger partial charge on any atom is 0.304 e. The number of carbonyl (C=O) groups excluding carboxylic acids is 1. The second kappa shape index (κ2) is 5.46. The third-order valence-electron chi connectivity index (χ3n) is 3.32. The molecule has 94 valence electrons. The fourth-order valence-electron chi connectivity index (χ4n) is 2.38. The predicted octanol–water partition coefficient (Wildman–Crippen LogP) is 0.428. The molecule has 0 aromatic carbocycles. The van der Waals surface area contributed by atoms with Gasteiger partial charge in [-0.05, 0) is 25.3 Å². The van der Waals surface area contributed by atoms with Crippen LogP contribution in [0, 0.1) is 11.8 Å². The summed E-state index contributed by atoms with van der Waals surface area (Å²) in [6.45, 7) is 0.971. The quantitative estimate of drug-likeness (QED) is 0.729. The Balaban J connectivity index is 1.87. The van der Waals surface area contributed by atoms with Gasteiger partial charge in [0.25, 0.3) is 0 Å². The highest BCUT2D eigenvalue weighted by atomic mass is 32.1. The number of amides is 1. The first-order valence-corrected chi connectivity index (χ1v) is 6.73. The molecule has 0 aliphatic heterocycles. The lowest BCUT2D eigenvalue weighted by molar-refractivity contribution is -0.126. The minimum absolute atomic E-state index is 0.0466. The standard InChI is InChI=1S/C11H17N3O2S/c12-4-7-2-1-3-9(7)10(15)13-5-8-6-17-11(16)14-8/h6-7,9H,1-5,12H2,(H,13,15)(H,14,16). The molecule has 1 saturated carbocycles. The van der Waals surface area contributed by atoms with Gasteiger partial charge in [0.2, 0.25) is 5.91 Å². The van der Waals surface area contributed by atoms with Gasteiger partial charge in [0, 0.05) is 17.0 Å². The Morgan fingerprint density at radius 3 is 3.06 bits per heavy atom. The summed E-state index contributed by atoms with van der Waals surface area (Å²) in [5, 5.41) is 4.59. The first-order chi connectivity index (χ1) is 8.20. The molecule has 1 aliphatic carbocycles. The number of aromatic nitrogens is 1. The van der Waals surface area contributed by atoms with Gasteiger partial charge in [0.15, 0.2) is 0 Å². The van der Waals surface area contributed by atoms with Crippen molar-refractivity contribution >= 4 is 17.2 Å². The Bertz CT molecular complexity index is 440. The van der Waals surface area contributed by atoms with Crippen LogP contribution in [0.15, 0.2) is 10.2 Å². The molecular weight excluding hydrogens is 238 g/mol. The molecule has 17 heavy (non-hydrogen) atoms. The molecule has 2 rings (SSSR count). The zero-order valence-electron chi connectivity index (χ0n) is 9.57. The van der Waals surface area contributed by atoms with E-state index in [0.717, 1.165) is 36.3 Å². The van der Waals surface area contributed by atoms with Crippen LogP contribution >= 0.6 is 11.3 Å². The van der Waals surface area contributed by atoms with Crippen molar-refractivity contribution in [1.29, 1.82) is 0 Å². The Kier molecular flexibility index (Phi) is 3.96. The summed E-state index contributed by atoms with van der Waals surface area (Å²) in [7, 11) is 0. The van der Waals surface area contributed by atoms with Crippen molar-refractivity contribution in [3.63, 3.8) is 0 Å². The summed E-state index contributed by atoms with van der Waals surface area (Å²) in [6, 6.07) is 0. The molecule has 1 aromatic heterocycles. The first kappa shape index (κ1) is 12.3. The van der Waals surface area contributed by atoms with Gasteiger partial charge in [0.05, 0.1) is 6.54 Å². The average Bonchev–Trinajstić information content (AvgIpc) is 2.94. The summed E-state index contributed by atoms with van der Waals surface area (Å²) in [5.74, 6) is 0.423. The van der Waals surface area contributed by atoms with Crippen LogP contribution < -0.4 is 15.9 Å². The van der Waals surface area contributed by atoms with E-state index in [1.54, 1.807) is 5.38 Å². The van der Waals surface area contributed by atoms with Gasteiger partial charge in [-0.3, -0.25) is 9.59 Å². The van der Waals surface area contributed by atoms with E-state index in [1.165, 1.54) is 0 Å². The van der Waals surface area contributed by atoms with Crippen molar-refractivity contribution in [2.45, 2.75) is 25.8 Å². The van der Waals surface area contributed by atoms with Crippen LogP contribution in [-0.4, -0.2) is 17.4 Å². The topological polar surface area (TPSA) is 88.0 Å². The van der Waals surface area contributed by atoms with Crippen molar-refractivity contribution in [2.75, 3.05) is 6.54 Å². The second-order valence-electron chi connectivity index (χ2n) is 4.42. The summed E-state index contributed by atoms with van der Waals surface area (Å²) in [4.78, 5) is 25.4. The third-order valence-corrected chi connectivity index (χ3v) is 4.04. The molecule has 1 fully saturated rings. The largest absolute Gasteiger partial charge is 0.350 e. The second-order valence-corrected chi connectivity index (χ2v) is 5.27. The molecule has 1 heterocycles. The normalized spacial score (nSPS) is 23.8. The highest BCUT2D eigenvalue weighted by Crippen LogP contribution is 2.30. The fourth-order valence-corrected chi connectivity index (χ4v) is 2.96. The lowest BCUT2D eigenvalue weighted by atomic mass is 9.95. The summed E-state index contributed by atoms with van der Waals surface area (Å²) in [6.07, 6.45) is 3.05. The lowest BCUT2D eigenvalue weighted by Gasteiger charge is -2.16. The zero-order valence-corrected chi connectivity index (χ0v) is 10.4. The summed E-state index contributed by atoms with van der Waals surface area (Å²) >= 11 is 1.11. The number of hydrogen-bond donors (Lipinski definition) is 3. The molecule has 5 nitrogen and oxygen atoms in total. The van der Waals surface area contributed by atoms with Crippen molar-refractivity contribution in [1.82, 2.24) is 10.3 Å². The van der Waals surface area contributed by atoms with Crippen LogP contribution in [0.25, 0.3) is 0 Å². The molecule has 1 amide bonds. The lowest BCUT2D eigenvalue weighted by Crippen LogP contribution is -2.34. The highest BCUT2D eigenvalue weighted by Gasteiger charge is 2.31. The van der Waals surface area contributed by atoms with Crippen LogP contribution in [0.2, 0.25) is 0 Å². The molecule has 4 N–H and O–H groups in total. The van der Waals surface area contributed by atoms with Crippen LogP contribution in [0.3, 0.4) is 0 Å². The number of hydrogen-bond acceptors (Lipinski definition) is 4. The highest BCUT2D eigenvalue weighted by molar-refractivity contribution is 7.07.